The van der Waals surface area contributed by atoms with Gasteiger partial charge >= 0.3 is 6.09 Å². The van der Waals surface area contributed by atoms with Crippen LogP contribution < -0.4 is 4.90 Å². The van der Waals surface area contributed by atoms with E-state index in [0.29, 0.717) is 19.8 Å². The molecule has 1 aromatic rings. The topological polar surface area (TPSA) is 38.8 Å². The molecule has 94 valence electrons. The van der Waals surface area contributed by atoms with Gasteiger partial charge in [0.15, 0.2) is 0 Å². The third kappa shape index (κ3) is 3.02. The van der Waals surface area contributed by atoms with Crippen LogP contribution in [0, 0.1) is 11.8 Å². The van der Waals surface area contributed by atoms with Gasteiger partial charge in [-0.25, -0.2) is 4.79 Å². The van der Waals surface area contributed by atoms with Crippen molar-refractivity contribution in [2.24, 2.45) is 0 Å². The second kappa shape index (κ2) is 6.08. The number of amides is 1. The minimum absolute atomic E-state index is 0.226. The van der Waals surface area contributed by atoms with Crippen LogP contribution in [0.5, 0.6) is 0 Å². The normalized spacial score (nSPS) is 18.2. The molecule has 4 heteroatoms. The molecule has 2 rings (SSSR count). The molecule has 0 spiro atoms. The number of ether oxygens (including phenoxy) is 2. The van der Waals surface area contributed by atoms with E-state index in [-0.39, 0.29) is 12.2 Å². The van der Waals surface area contributed by atoms with Crippen LogP contribution in [-0.2, 0) is 9.47 Å². The summed E-state index contributed by atoms with van der Waals surface area (Å²) in [5.74, 6) is 5.54. The average molecular weight is 245 g/mol. The summed E-state index contributed by atoms with van der Waals surface area (Å²) in [5.41, 5.74) is 0.846. The molecule has 0 radical (unpaired) electrons. The number of carbonyl (C=O) groups excluding carboxylic acids is 1. The van der Waals surface area contributed by atoms with Crippen LogP contribution in [0.3, 0.4) is 0 Å². The molecule has 0 N–H and O–H groups in total. The number of benzene rings is 1. The second-order valence-electron chi connectivity index (χ2n) is 3.89. The zero-order valence-corrected chi connectivity index (χ0v) is 10.3. The highest BCUT2D eigenvalue weighted by Crippen LogP contribution is 2.20. The number of cyclic esters (lactones) is 1. The van der Waals surface area contributed by atoms with Crippen molar-refractivity contribution >= 4 is 11.8 Å². The molecule has 1 fully saturated rings. The Labute approximate surface area is 106 Å². The van der Waals surface area contributed by atoms with Crippen LogP contribution in [0.1, 0.15) is 6.92 Å². The van der Waals surface area contributed by atoms with E-state index in [2.05, 4.69) is 11.8 Å². The molecular weight excluding hydrogens is 230 g/mol. The largest absolute Gasteiger partial charge is 0.441 e. The van der Waals surface area contributed by atoms with Gasteiger partial charge in [0.05, 0.1) is 13.2 Å². The summed E-state index contributed by atoms with van der Waals surface area (Å²) in [6.45, 7) is 3.03. The Balaban J connectivity index is 1.88. The maximum absolute atomic E-state index is 11.7. The van der Waals surface area contributed by atoms with E-state index in [4.69, 9.17) is 9.47 Å². The Kier molecular flexibility index (Phi) is 4.21. The van der Waals surface area contributed by atoms with Gasteiger partial charge in [0.2, 0.25) is 0 Å². The average Bonchev–Trinajstić information content (AvgIpc) is 2.77. The van der Waals surface area contributed by atoms with Crippen molar-refractivity contribution < 1.29 is 14.3 Å². The summed E-state index contributed by atoms with van der Waals surface area (Å²) in [6.07, 6.45) is -0.548. The molecule has 1 saturated heterocycles. The van der Waals surface area contributed by atoms with E-state index in [1.54, 1.807) is 11.8 Å². The monoisotopic (exact) mass is 245 g/mol. The zero-order chi connectivity index (χ0) is 12.8. The van der Waals surface area contributed by atoms with E-state index < -0.39 is 0 Å². The lowest BCUT2D eigenvalue weighted by molar-refractivity contribution is 0.0598. The number of rotatable bonds is 4. The minimum atomic E-state index is -0.323. The predicted octanol–water partition coefficient (Wildman–Crippen LogP) is 2.05. The fourth-order valence-corrected chi connectivity index (χ4v) is 1.74. The van der Waals surface area contributed by atoms with Gasteiger partial charge in [-0.1, -0.05) is 24.1 Å². The fraction of sp³-hybridized carbons (Fsp3) is 0.357. The highest BCUT2D eigenvalue weighted by atomic mass is 16.6. The smallest absolute Gasteiger partial charge is 0.414 e. The highest BCUT2D eigenvalue weighted by Gasteiger charge is 2.32. The van der Waals surface area contributed by atoms with Crippen LogP contribution in [-0.4, -0.2) is 32.0 Å². The zero-order valence-electron chi connectivity index (χ0n) is 10.3. The highest BCUT2D eigenvalue weighted by molar-refractivity contribution is 5.89. The van der Waals surface area contributed by atoms with Gasteiger partial charge in [0.25, 0.3) is 0 Å². The molecule has 1 aromatic carbocycles. The number of nitrogens with zero attached hydrogens (tertiary/aromatic N) is 1. The van der Waals surface area contributed by atoms with Gasteiger partial charge in [0, 0.05) is 5.69 Å². The molecule has 0 aromatic heterocycles. The lowest BCUT2D eigenvalue weighted by atomic mass is 10.3. The SMILES string of the molecule is CC#CCOC[C@H]1CN(c2ccccc2)C(=O)O1. The van der Waals surface area contributed by atoms with Crippen LogP contribution in [0.25, 0.3) is 0 Å². The van der Waals surface area contributed by atoms with Crippen molar-refractivity contribution in [1.29, 1.82) is 0 Å². The summed E-state index contributed by atoms with van der Waals surface area (Å²) in [4.78, 5) is 13.3. The van der Waals surface area contributed by atoms with Crippen molar-refractivity contribution in [2.45, 2.75) is 13.0 Å². The summed E-state index contributed by atoms with van der Waals surface area (Å²) >= 11 is 0. The quantitative estimate of drug-likeness (QED) is 0.602. The van der Waals surface area contributed by atoms with E-state index in [1.165, 1.54) is 0 Å². The second-order valence-corrected chi connectivity index (χ2v) is 3.89. The summed E-state index contributed by atoms with van der Waals surface area (Å²) in [6, 6.07) is 9.46. The van der Waals surface area contributed by atoms with Crippen LogP contribution >= 0.6 is 0 Å². The lowest BCUT2D eigenvalue weighted by Crippen LogP contribution is -2.25. The van der Waals surface area contributed by atoms with Crippen molar-refractivity contribution in [3.05, 3.63) is 30.3 Å². The molecule has 0 unspecified atom stereocenters. The van der Waals surface area contributed by atoms with E-state index in [9.17, 15) is 4.79 Å². The van der Waals surface area contributed by atoms with Crippen molar-refractivity contribution in [1.82, 2.24) is 0 Å². The van der Waals surface area contributed by atoms with Gasteiger partial charge in [-0.2, -0.15) is 0 Å². The summed E-state index contributed by atoms with van der Waals surface area (Å²) in [5, 5.41) is 0. The molecule has 1 aliphatic rings. The van der Waals surface area contributed by atoms with Gasteiger partial charge in [0.1, 0.15) is 12.7 Å². The number of carbonyl (C=O) groups is 1. The number of anilines is 1. The number of para-hydroxylation sites is 1. The molecule has 0 saturated carbocycles. The predicted molar refractivity (Wildman–Crippen MR) is 68.3 cm³/mol. The Morgan fingerprint density at radius 1 is 1.44 bits per heavy atom. The number of hydrogen-bond donors (Lipinski definition) is 0. The lowest BCUT2D eigenvalue weighted by Gasteiger charge is -2.12. The van der Waals surface area contributed by atoms with Crippen LogP contribution in [0.15, 0.2) is 30.3 Å². The summed E-state index contributed by atoms with van der Waals surface area (Å²) in [7, 11) is 0. The molecule has 0 bridgehead atoms. The molecule has 1 heterocycles. The first-order valence-corrected chi connectivity index (χ1v) is 5.82. The van der Waals surface area contributed by atoms with Gasteiger partial charge < -0.3 is 9.47 Å². The Bertz CT molecular complexity index is 461. The van der Waals surface area contributed by atoms with E-state index in [0.717, 1.165) is 5.69 Å². The first kappa shape index (κ1) is 12.5. The minimum Gasteiger partial charge on any atom is -0.441 e. The van der Waals surface area contributed by atoms with E-state index in [1.807, 2.05) is 30.3 Å². The van der Waals surface area contributed by atoms with Crippen LogP contribution in [0.4, 0.5) is 10.5 Å². The van der Waals surface area contributed by atoms with Crippen LogP contribution in [0.2, 0.25) is 0 Å². The van der Waals surface area contributed by atoms with Crippen molar-refractivity contribution in [3.8, 4) is 11.8 Å². The Hall–Kier alpha value is -1.99. The maximum atomic E-state index is 11.7. The third-order valence-electron chi connectivity index (χ3n) is 2.60. The number of hydrogen-bond acceptors (Lipinski definition) is 3. The first-order chi connectivity index (χ1) is 8.81. The third-order valence-corrected chi connectivity index (χ3v) is 2.60. The molecule has 4 nitrogen and oxygen atoms in total. The standard InChI is InChI=1S/C14H15NO3/c1-2-3-9-17-11-13-10-15(14(16)18-13)12-7-5-4-6-8-12/h4-8,13H,9-11H2,1H3/t13-/m1/s1. The molecule has 1 amide bonds. The van der Waals surface area contributed by atoms with Gasteiger partial charge in [-0.15, -0.1) is 5.92 Å². The summed E-state index contributed by atoms with van der Waals surface area (Å²) < 4.78 is 10.5. The maximum Gasteiger partial charge on any atom is 0.414 e. The van der Waals surface area contributed by atoms with Gasteiger partial charge in [-0.3, -0.25) is 4.90 Å². The Morgan fingerprint density at radius 2 is 2.22 bits per heavy atom. The molecule has 0 aliphatic carbocycles. The first-order valence-electron chi connectivity index (χ1n) is 5.82. The molecule has 1 atom stereocenters. The van der Waals surface area contributed by atoms with Gasteiger partial charge in [-0.05, 0) is 19.1 Å². The van der Waals surface area contributed by atoms with E-state index >= 15 is 0 Å². The van der Waals surface area contributed by atoms with Crippen molar-refractivity contribution in [2.75, 3.05) is 24.7 Å². The van der Waals surface area contributed by atoms with Crippen molar-refractivity contribution in [3.63, 3.8) is 0 Å². The molecular formula is C14H15NO3. The fourth-order valence-electron chi connectivity index (χ4n) is 1.74. The Morgan fingerprint density at radius 3 is 2.94 bits per heavy atom. The molecule has 18 heavy (non-hydrogen) atoms. The molecule has 1 aliphatic heterocycles.